The van der Waals surface area contributed by atoms with Crippen LogP contribution in [0.15, 0.2) is 50.9 Å². The Bertz CT molecular complexity index is 620. The topological polar surface area (TPSA) is 48.7 Å². The van der Waals surface area contributed by atoms with Crippen LogP contribution in [0, 0.1) is 11.3 Å². The van der Waals surface area contributed by atoms with E-state index in [9.17, 15) is 5.26 Å². The molecule has 20 heavy (non-hydrogen) atoms. The summed E-state index contributed by atoms with van der Waals surface area (Å²) in [6, 6.07) is 12.1. The van der Waals surface area contributed by atoms with Gasteiger partial charge < -0.3 is 5.32 Å². The summed E-state index contributed by atoms with van der Waals surface area (Å²) in [4.78, 5) is 5.25. The molecule has 0 amide bonds. The largest absolute Gasteiger partial charge is 0.313 e. The maximum Gasteiger partial charge on any atom is 0.101 e. The van der Waals surface area contributed by atoms with Gasteiger partial charge in [-0.05, 0) is 52.3 Å². The minimum absolute atomic E-state index is 0.690. The first-order valence-corrected chi connectivity index (χ1v) is 7.87. The van der Waals surface area contributed by atoms with E-state index in [2.05, 4.69) is 39.2 Å². The predicted octanol–water partition coefficient (Wildman–Crippen LogP) is 3.98. The Balaban J connectivity index is 2.19. The van der Waals surface area contributed by atoms with Crippen LogP contribution in [0.3, 0.4) is 0 Å². The Labute approximate surface area is 131 Å². The summed E-state index contributed by atoms with van der Waals surface area (Å²) < 4.78 is 0.948. The average molecular weight is 348 g/mol. The van der Waals surface area contributed by atoms with E-state index in [1.54, 1.807) is 6.20 Å². The number of pyridine rings is 1. The Hall–Kier alpha value is -1.35. The molecule has 0 atom stereocenters. The fraction of sp³-hybridized carbons (Fsp3) is 0.200. The fourth-order valence-corrected chi connectivity index (χ4v) is 2.72. The number of hydrogen-bond donors (Lipinski definition) is 1. The molecule has 0 saturated carbocycles. The highest BCUT2D eigenvalue weighted by Gasteiger charge is 2.06. The molecule has 0 bridgehead atoms. The summed E-state index contributed by atoms with van der Waals surface area (Å²) in [6.07, 6.45) is 1.76. The van der Waals surface area contributed by atoms with Crippen LogP contribution >= 0.6 is 27.7 Å². The van der Waals surface area contributed by atoms with Gasteiger partial charge in [-0.15, -0.1) is 0 Å². The van der Waals surface area contributed by atoms with E-state index < -0.39 is 0 Å². The van der Waals surface area contributed by atoms with Crippen LogP contribution in [0.1, 0.15) is 18.1 Å². The van der Waals surface area contributed by atoms with Crippen LogP contribution < -0.4 is 5.32 Å². The van der Waals surface area contributed by atoms with E-state index in [4.69, 9.17) is 0 Å². The van der Waals surface area contributed by atoms with Gasteiger partial charge >= 0.3 is 0 Å². The van der Waals surface area contributed by atoms with Gasteiger partial charge in [-0.1, -0.05) is 24.8 Å². The molecule has 0 fully saturated rings. The molecule has 0 aliphatic rings. The third kappa shape index (κ3) is 4.07. The van der Waals surface area contributed by atoms with E-state index in [1.807, 2.05) is 30.3 Å². The van der Waals surface area contributed by atoms with Gasteiger partial charge in [0.25, 0.3) is 0 Å². The molecule has 0 aliphatic carbocycles. The van der Waals surface area contributed by atoms with E-state index in [0.29, 0.717) is 5.56 Å². The number of nitriles is 1. The summed E-state index contributed by atoms with van der Waals surface area (Å²) in [5, 5.41) is 13.4. The number of aromatic nitrogens is 1. The van der Waals surface area contributed by atoms with Gasteiger partial charge in [0.1, 0.15) is 11.1 Å². The quantitative estimate of drug-likeness (QED) is 0.888. The van der Waals surface area contributed by atoms with Crippen LogP contribution in [0.2, 0.25) is 0 Å². The molecule has 102 valence electrons. The second kappa shape index (κ2) is 7.44. The lowest BCUT2D eigenvalue weighted by atomic mass is 10.1. The number of nitrogens with one attached hydrogen (secondary N) is 1. The van der Waals surface area contributed by atoms with Gasteiger partial charge in [0.15, 0.2) is 0 Å². The van der Waals surface area contributed by atoms with Crippen molar-refractivity contribution in [2.75, 3.05) is 6.54 Å². The zero-order valence-corrected chi connectivity index (χ0v) is 13.5. The lowest BCUT2D eigenvalue weighted by Gasteiger charge is -2.07. The van der Waals surface area contributed by atoms with Gasteiger partial charge in [-0.3, -0.25) is 0 Å². The molecule has 0 saturated heterocycles. The van der Waals surface area contributed by atoms with E-state index >= 15 is 0 Å². The Morgan fingerprint density at radius 3 is 2.85 bits per heavy atom. The van der Waals surface area contributed by atoms with Crippen molar-refractivity contribution in [2.24, 2.45) is 0 Å². The first-order valence-electron chi connectivity index (χ1n) is 6.26. The third-order valence-corrected chi connectivity index (χ3v) is 4.15. The molecule has 1 heterocycles. The highest BCUT2D eigenvalue weighted by atomic mass is 79.9. The van der Waals surface area contributed by atoms with Gasteiger partial charge in [0.2, 0.25) is 0 Å². The van der Waals surface area contributed by atoms with Crippen molar-refractivity contribution < 1.29 is 0 Å². The Kier molecular flexibility index (Phi) is 5.60. The number of benzene rings is 1. The van der Waals surface area contributed by atoms with E-state index in [1.165, 1.54) is 11.8 Å². The van der Waals surface area contributed by atoms with Crippen molar-refractivity contribution in [1.29, 1.82) is 5.26 Å². The molecule has 1 aromatic heterocycles. The number of rotatable bonds is 5. The summed E-state index contributed by atoms with van der Waals surface area (Å²) in [7, 11) is 0. The Morgan fingerprint density at radius 1 is 1.35 bits per heavy atom. The van der Waals surface area contributed by atoms with Crippen molar-refractivity contribution in [3.8, 4) is 6.07 Å². The van der Waals surface area contributed by atoms with Crippen molar-refractivity contribution in [3.63, 3.8) is 0 Å². The van der Waals surface area contributed by atoms with Crippen LogP contribution in [-0.4, -0.2) is 11.5 Å². The van der Waals surface area contributed by atoms with Gasteiger partial charge in [0, 0.05) is 22.1 Å². The highest BCUT2D eigenvalue weighted by Crippen LogP contribution is 2.30. The van der Waals surface area contributed by atoms with Crippen LogP contribution in [0.25, 0.3) is 0 Å². The second-order valence-electron chi connectivity index (χ2n) is 4.14. The second-order valence-corrected chi connectivity index (χ2v) is 6.12. The number of hydrogen-bond acceptors (Lipinski definition) is 4. The van der Waals surface area contributed by atoms with Crippen molar-refractivity contribution in [3.05, 3.63) is 52.1 Å². The molecule has 1 aromatic carbocycles. The average Bonchev–Trinajstić information content (AvgIpc) is 2.48. The molecule has 0 unspecified atom stereocenters. The first kappa shape index (κ1) is 15.0. The maximum atomic E-state index is 9.28. The van der Waals surface area contributed by atoms with Crippen molar-refractivity contribution in [2.45, 2.75) is 23.4 Å². The van der Waals surface area contributed by atoms with Gasteiger partial charge in [0.05, 0.1) is 5.56 Å². The number of halogens is 1. The molecule has 2 rings (SSSR count). The predicted molar refractivity (Wildman–Crippen MR) is 84.6 cm³/mol. The van der Waals surface area contributed by atoms with Crippen LogP contribution in [0.5, 0.6) is 0 Å². The summed E-state index contributed by atoms with van der Waals surface area (Å²) in [6.45, 7) is 3.77. The lowest BCUT2D eigenvalue weighted by molar-refractivity contribution is 0.726. The first-order chi connectivity index (χ1) is 9.72. The Morgan fingerprint density at radius 2 is 2.20 bits per heavy atom. The zero-order chi connectivity index (χ0) is 14.4. The molecule has 0 spiro atoms. The zero-order valence-electron chi connectivity index (χ0n) is 11.1. The summed E-state index contributed by atoms with van der Waals surface area (Å²) in [5.74, 6) is 0. The summed E-state index contributed by atoms with van der Waals surface area (Å²) in [5.41, 5.74) is 1.81. The minimum Gasteiger partial charge on any atom is -0.313 e. The molecular formula is C15H14BrN3S. The van der Waals surface area contributed by atoms with Gasteiger partial charge in [-0.2, -0.15) is 5.26 Å². The SMILES string of the molecule is CCNCc1ccc(Sc2ccc(Br)cn2)c(C#N)c1. The maximum absolute atomic E-state index is 9.28. The minimum atomic E-state index is 0.690. The van der Waals surface area contributed by atoms with Crippen LogP contribution in [0.4, 0.5) is 0 Å². The van der Waals surface area contributed by atoms with Crippen molar-refractivity contribution in [1.82, 2.24) is 10.3 Å². The normalized spacial score (nSPS) is 10.2. The molecule has 0 aliphatic heterocycles. The van der Waals surface area contributed by atoms with Crippen LogP contribution in [-0.2, 0) is 6.54 Å². The molecule has 0 radical (unpaired) electrons. The lowest BCUT2D eigenvalue weighted by Crippen LogP contribution is -2.11. The number of nitrogens with zero attached hydrogens (tertiary/aromatic N) is 2. The van der Waals surface area contributed by atoms with E-state index in [-0.39, 0.29) is 0 Å². The monoisotopic (exact) mass is 347 g/mol. The molecule has 2 aromatic rings. The third-order valence-electron chi connectivity index (χ3n) is 2.66. The van der Waals surface area contributed by atoms with Gasteiger partial charge in [-0.25, -0.2) is 4.98 Å². The molecule has 5 heteroatoms. The molecule has 1 N–H and O–H groups in total. The van der Waals surface area contributed by atoms with E-state index in [0.717, 1.165) is 33.0 Å². The standard InChI is InChI=1S/C15H14BrN3S/c1-2-18-9-11-3-5-14(12(7-11)8-17)20-15-6-4-13(16)10-19-15/h3-7,10,18H,2,9H2,1H3. The summed E-state index contributed by atoms with van der Waals surface area (Å²) >= 11 is 4.87. The fourth-order valence-electron chi connectivity index (χ4n) is 1.67. The molecular weight excluding hydrogens is 334 g/mol. The smallest absolute Gasteiger partial charge is 0.101 e. The highest BCUT2D eigenvalue weighted by molar-refractivity contribution is 9.10. The van der Waals surface area contributed by atoms with Crippen molar-refractivity contribution >= 4 is 27.7 Å². The molecule has 3 nitrogen and oxygen atoms in total.